The maximum Gasteiger partial charge on any atom is 0.416 e. The Morgan fingerprint density at radius 3 is 2.42 bits per heavy atom. The summed E-state index contributed by atoms with van der Waals surface area (Å²) in [4.78, 5) is 26.7. The number of nitrogens with zero attached hydrogens (tertiary/aromatic N) is 1. The van der Waals surface area contributed by atoms with E-state index >= 15 is 0 Å². The first-order valence-electron chi connectivity index (χ1n) is 10.5. The number of nitrogens with one attached hydrogen (secondary N) is 1. The van der Waals surface area contributed by atoms with Crippen LogP contribution in [-0.4, -0.2) is 44.0 Å². The predicted octanol–water partition coefficient (Wildman–Crippen LogP) is 3.99. The van der Waals surface area contributed by atoms with Crippen LogP contribution in [0.4, 0.5) is 13.2 Å². The van der Waals surface area contributed by atoms with E-state index in [1.54, 1.807) is 18.1 Å². The molecule has 178 valence electrons. The van der Waals surface area contributed by atoms with Crippen LogP contribution in [0.5, 0.6) is 11.5 Å². The summed E-state index contributed by atoms with van der Waals surface area (Å²) in [6.07, 6.45) is -3.95. The molecule has 2 aromatic carbocycles. The number of carbonyl (C=O) groups excluding carboxylic acids is 2. The highest BCUT2D eigenvalue weighted by molar-refractivity contribution is 5.81. The molecule has 2 aromatic rings. The Bertz CT molecular complexity index is 1010. The number of hydrogen-bond acceptors (Lipinski definition) is 4. The maximum absolute atomic E-state index is 12.9. The van der Waals surface area contributed by atoms with E-state index in [-0.39, 0.29) is 30.8 Å². The van der Waals surface area contributed by atoms with Gasteiger partial charge in [0, 0.05) is 32.5 Å². The quantitative estimate of drug-likeness (QED) is 0.702. The third-order valence-corrected chi connectivity index (χ3v) is 5.87. The van der Waals surface area contributed by atoms with Crippen LogP contribution in [0.15, 0.2) is 42.5 Å². The van der Waals surface area contributed by atoms with Crippen molar-refractivity contribution in [2.45, 2.75) is 32.0 Å². The molecule has 3 rings (SSSR count). The normalized spacial score (nSPS) is 18.5. The van der Waals surface area contributed by atoms with Gasteiger partial charge in [-0.25, -0.2) is 0 Å². The molecule has 0 saturated carbocycles. The fourth-order valence-electron chi connectivity index (χ4n) is 4.09. The summed E-state index contributed by atoms with van der Waals surface area (Å²) < 4.78 is 49.5. The van der Waals surface area contributed by atoms with Gasteiger partial charge in [-0.1, -0.05) is 18.2 Å². The number of ether oxygens (including phenoxy) is 2. The first kappa shape index (κ1) is 24.4. The minimum absolute atomic E-state index is 0.0274. The minimum atomic E-state index is -4.45. The minimum Gasteiger partial charge on any atom is -0.493 e. The van der Waals surface area contributed by atoms with Gasteiger partial charge in [-0.05, 0) is 41.8 Å². The third-order valence-electron chi connectivity index (χ3n) is 5.87. The lowest BCUT2D eigenvalue weighted by molar-refractivity contribution is -0.137. The Kier molecular flexibility index (Phi) is 7.50. The highest BCUT2D eigenvalue weighted by Gasteiger charge is 2.34. The van der Waals surface area contributed by atoms with E-state index in [1.807, 2.05) is 12.1 Å². The van der Waals surface area contributed by atoms with Gasteiger partial charge in [0.2, 0.25) is 11.8 Å². The Morgan fingerprint density at radius 2 is 1.79 bits per heavy atom. The molecular formula is C24H27F3N2O4. The maximum atomic E-state index is 12.9. The second-order valence-electron chi connectivity index (χ2n) is 8.08. The van der Waals surface area contributed by atoms with Crippen molar-refractivity contribution in [2.75, 3.05) is 27.3 Å². The molecule has 1 aliphatic rings. The SMILES string of the molecule is COc1ccc([C@@H]2C[C@@H](C(=O)NCc3cccc(C(F)(F)F)c3)CN(C(C)=O)C2)cc1OC. The fourth-order valence-corrected chi connectivity index (χ4v) is 4.09. The summed E-state index contributed by atoms with van der Waals surface area (Å²) in [5, 5.41) is 2.73. The molecular weight excluding hydrogens is 437 g/mol. The lowest BCUT2D eigenvalue weighted by Crippen LogP contribution is -2.47. The molecule has 0 aromatic heterocycles. The monoisotopic (exact) mass is 464 g/mol. The van der Waals surface area contributed by atoms with Gasteiger partial charge in [0.15, 0.2) is 11.5 Å². The van der Waals surface area contributed by atoms with Gasteiger partial charge in [-0.2, -0.15) is 13.2 Å². The van der Waals surface area contributed by atoms with Gasteiger partial charge in [0.05, 0.1) is 25.7 Å². The van der Waals surface area contributed by atoms with Gasteiger partial charge in [-0.3, -0.25) is 9.59 Å². The summed E-state index contributed by atoms with van der Waals surface area (Å²) in [6, 6.07) is 10.4. The van der Waals surface area contributed by atoms with Crippen LogP contribution in [0.25, 0.3) is 0 Å². The fraction of sp³-hybridized carbons (Fsp3) is 0.417. The summed E-state index contributed by atoms with van der Waals surface area (Å²) in [6.45, 7) is 2.14. The van der Waals surface area contributed by atoms with E-state index in [2.05, 4.69) is 5.32 Å². The topological polar surface area (TPSA) is 67.9 Å². The summed E-state index contributed by atoms with van der Waals surface area (Å²) in [5.41, 5.74) is 0.506. The number of amides is 2. The van der Waals surface area contributed by atoms with E-state index in [1.165, 1.54) is 26.2 Å². The molecule has 1 N–H and O–H groups in total. The number of halogens is 3. The molecule has 0 radical (unpaired) electrons. The van der Waals surface area contributed by atoms with Crippen molar-refractivity contribution < 1.29 is 32.2 Å². The predicted molar refractivity (Wildman–Crippen MR) is 116 cm³/mol. The molecule has 0 bridgehead atoms. The van der Waals surface area contributed by atoms with E-state index < -0.39 is 17.7 Å². The number of carbonyl (C=O) groups is 2. The number of benzene rings is 2. The number of alkyl halides is 3. The molecule has 1 aliphatic heterocycles. The smallest absolute Gasteiger partial charge is 0.416 e. The first-order valence-corrected chi connectivity index (χ1v) is 10.5. The number of piperidine rings is 1. The Balaban J connectivity index is 1.74. The molecule has 2 atom stereocenters. The molecule has 1 heterocycles. The van der Waals surface area contributed by atoms with Gasteiger partial charge in [0.25, 0.3) is 0 Å². The Morgan fingerprint density at radius 1 is 1.06 bits per heavy atom. The van der Waals surface area contributed by atoms with E-state index in [4.69, 9.17) is 9.47 Å². The second kappa shape index (κ2) is 10.1. The van der Waals surface area contributed by atoms with Gasteiger partial charge >= 0.3 is 6.18 Å². The highest BCUT2D eigenvalue weighted by atomic mass is 19.4. The van der Waals surface area contributed by atoms with Crippen molar-refractivity contribution in [1.82, 2.24) is 10.2 Å². The third kappa shape index (κ3) is 5.97. The largest absolute Gasteiger partial charge is 0.493 e. The van der Waals surface area contributed by atoms with Crippen molar-refractivity contribution in [1.29, 1.82) is 0 Å². The van der Waals surface area contributed by atoms with Crippen molar-refractivity contribution in [3.63, 3.8) is 0 Å². The average Bonchev–Trinajstić information content (AvgIpc) is 2.81. The van der Waals surface area contributed by atoms with E-state index in [0.717, 1.165) is 17.7 Å². The van der Waals surface area contributed by atoms with Crippen molar-refractivity contribution >= 4 is 11.8 Å². The molecule has 2 amide bonds. The average molecular weight is 464 g/mol. The van der Waals surface area contributed by atoms with Crippen molar-refractivity contribution in [3.8, 4) is 11.5 Å². The lowest BCUT2D eigenvalue weighted by Gasteiger charge is -2.37. The van der Waals surface area contributed by atoms with Crippen LogP contribution in [0.3, 0.4) is 0 Å². The number of likely N-dealkylation sites (tertiary alicyclic amines) is 1. The highest BCUT2D eigenvalue weighted by Crippen LogP contribution is 2.36. The van der Waals surface area contributed by atoms with Crippen LogP contribution in [0, 0.1) is 5.92 Å². The second-order valence-corrected chi connectivity index (χ2v) is 8.08. The van der Waals surface area contributed by atoms with Crippen LogP contribution < -0.4 is 14.8 Å². The van der Waals surface area contributed by atoms with Crippen LogP contribution in [0.2, 0.25) is 0 Å². The number of methoxy groups -OCH3 is 2. The van der Waals surface area contributed by atoms with Gasteiger partial charge < -0.3 is 19.7 Å². The summed E-state index contributed by atoms with van der Waals surface area (Å²) >= 11 is 0. The van der Waals surface area contributed by atoms with Crippen LogP contribution in [0.1, 0.15) is 36.0 Å². The summed E-state index contributed by atoms with van der Waals surface area (Å²) in [7, 11) is 3.08. The molecule has 9 heteroatoms. The Labute approximate surface area is 190 Å². The van der Waals surface area contributed by atoms with Gasteiger partial charge in [-0.15, -0.1) is 0 Å². The molecule has 0 spiro atoms. The summed E-state index contributed by atoms with van der Waals surface area (Å²) in [5.74, 6) is 0.0920. The molecule has 1 fully saturated rings. The molecule has 0 unspecified atom stereocenters. The van der Waals surface area contributed by atoms with E-state index in [9.17, 15) is 22.8 Å². The zero-order valence-corrected chi connectivity index (χ0v) is 18.7. The molecule has 33 heavy (non-hydrogen) atoms. The van der Waals surface area contributed by atoms with E-state index in [0.29, 0.717) is 30.0 Å². The Hall–Kier alpha value is -3.23. The number of rotatable bonds is 6. The lowest BCUT2D eigenvalue weighted by atomic mass is 9.83. The first-order chi connectivity index (χ1) is 15.6. The standard InChI is InChI=1S/C24H27F3N2O4/c1-15(30)29-13-18(17-7-8-21(32-2)22(11-17)33-3)10-19(14-29)23(31)28-12-16-5-4-6-20(9-16)24(25,26)27/h4-9,11,18-19H,10,12-14H2,1-3H3,(H,28,31)/t18-,19-/m1/s1. The zero-order chi connectivity index (χ0) is 24.2. The molecule has 0 aliphatic carbocycles. The zero-order valence-electron chi connectivity index (χ0n) is 18.7. The van der Waals surface area contributed by atoms with Gasteiger partial charge in [0.1, 0.15) is 0 Å². The van der Waals surface area contributed by atoms with Crippen LogP contribution in [-0.2, 0) is 22.3 Å². The van der Waals surface area contributed by atoms with Crippen molar-refractivity contribution in [2.24, 2.45) is 5.92 Å². The number of hydrogen-bond donors (Lipinski definition) is 1. The molecule has 1 saturated heterocycles. The van der Waals surface area contributed by atoms with Crippen molar-refractivity contribution in [3.05, 3.63) is 59.2 Å². The molecule has 6 nitrogen and oxygen atoms in total. The van der Waals surface area contributed by atoms with Crippen LogP contribution >= 0.6 is 0 Å².